The van der Waals surface area contributed by atoms with Crippen LogP contribution in [0.2, 0.25) is 5.02 Å². The van der Waals surface area contributed by atoms with Gasteiger partial charge >= 0.3 is 5.97 Å². The number of rotatable bonds is 4. The minimum atomic E-state index is -0.700. The molecule has 20 heavy (non-hydrogen) atoms. The summed E-state index contributed by atoms with van der Waals surface area (Å²) in [5.74, 6) is -0.198. The van der Waals surface area contributed by atoms with Gasteiger partial charge in [0.2, 0.25) is 0 Å². The van der Waals surface area contributed by atoms with Gasteiger partial charge in [-0.1, -0.05) is 17.7 Å². The van der Waals surface area contributed by atoms with Crippen LogP contribution >= 0.6 is 11.6 Å². The number of esters is 1. The van der Waals surface area contributed by atoms with Gasteiger partial charge in [0.05, 0.1) is 6.61 Å². The average molecular weight is 297 g/mol. The Labute approximate surface area is 125 Å². The van der Waals surface area contributed by atoms with Crippen LogP contribution in [0.1, 0.15) is 20.3 Å². The number of likely N-dealkylation sites (tertiary alicyclic amines) is 1. The molecular formula is C15H21ClN2O2. The molecule has 1 N–H and O–H groups in total. The van der Waals surface area contributed by atoms with Crippen LogP contribution in [0.25, 0.3) is 0 Å². The van der Waals surface area contributed by atoms with Crippen molar-refractivity contribution in [2.24, 2.45) is 0 Å². The maximum Gasteiger partial charge on any atom is 0.333 e. The predicted octanol–water partition coefficient (Wildman–Crippen LogP) is 2.78. The third-order valence-electron chi connectivity index (χ3n) is 3.79. The van der Waals surface area contributed by atoms with Gasteiger partial charge in [0, 0.05) is 23.3 Å². The molecule has 0 saturated carbocycles. The Hall–Kier alpha value is -1.26. The van der Waals surface area contributed by atoms with Crippen LogP contribution in [0.3, 0.4) is 0 Å². The van der Waals surface area contributed by atoms with Crippen LogP contribution in [0, 0.1) is 0 Å². The van der Waals surface area contributed by atoms with E-state index in [0.29, 0.717) is 24.2 Å². The highest BCUT2D eigenvalue weighted by atomic mass is 35.5. The summed E-state index contributed by atoms with van der Waals surface area (Å²) in [6, 6.07) is 7.74. The Morgan fingerprint density at radius 1 is 1.60 bits per heavy atom. The fourth-order valence-corrected chi connectivity index (χ4v) is 2.90. The van der Waals surface area contributed by atoms with E-state index in [4.69, 9.17) is 16.3 Å². The summed E-state index contributed by atoms with van der Waals surface area (Å²) in [6.45, 7) is 4.95. The molecule has 4 nitrogen and oxygen atoms in total. The number of ether oxygens (including phenoxy) is 1. The second-order valence-electron chi connectivity index (χ2n) is 5.41. The molecule has 0 bridgehead atoms. The lowest BCUT2D eigenvalue weighted by molar-refractivity contribution is -0.148. The Morgan fingerprint density at radius 3 is 2.90 bits per heavy atom. The first-order valence-electron chi connectivity index (χ1n) is 6.88. The third-order valence-corrected chi connectivity index (χ3v) is 4.03. The third kappa shape index (κ3) is 3.07. The Kier molecular flexibility index (Phi) is 4.55. The number of carbonyl (C=O) groups excluding carboxylic acids is 1. The van der Waals surface area contributed by atoms with Gasteiger partial charge < -0.3 is 15.0 Å². The molecule has 0 radical (unpaired) electrons. The maximum absolute atomic E-state index is 12.4. The molecule has 5 heteroatoms. The number of hydrogen-bond donors (Lipinski definition) is 1. The fraction of sp³-hybridized carbons (Fsp3) is 0.533. The van der Waals surface area contributed by atoms with Crippen molar-refractivity contribution in [2.45, 2.75) is 31.8 Å². The topological polar surface area (TPSA) is 41.6 Å². The molecule has 1 aliphatic rings. The quantitative estimate of drug-likeness (QED) is 0.868. The zero-order valence-electron chi connectivity index (χ0n) is 12.1. The van der Waals surface area contributed by atoms with E-state index >= 15 is 0 Å². The highest BCUT2D eigenvalue weighted by Gasteiger charge is 2.48. The minimum Gasteiger partial charge on any atom is -0.464 e. The van der Waals surface area contributed by atoms with E-state index in [1.165, 1.54) is 0 Å². The van der Waals surface area contributed by atoms with Crippen molar-refractivity contribution in [3.05, 3.63) is 29.3 Å². The molecule has 1 heterocycles. The van der Waals surface area contributed by atoms with Gasteiger partial charge in [-0.25, -0.2) is 4.79 Å². The second kappa shape index (κ2) is 6.02. The van der Waals surface area contributed by atoms with Gasteiger partial charge in [-0.15, -0.1) is 0 Å². The lowest BCUT2D eigenvalue weighted by Crippen LogP contribution is -2.49. The average Bonchev–Trinajstić information content (AvgIpc) is 2.66. The van der Waals surface area contributed by atoms with Gasteiger partial charge in [0.1, 0.15) is 5.54 Å². The summed E-state index contributed by atoms with van der Waals surface area (Å²) in [7, 11) is 2.02. The highest BCUT2D eigenvalue weighted by molar-refractivity contribution is 6.30. The van der Waals surface area contributed by atoms with Crippen molar-refractivity contribution < 1.29 is 9.53 Å². The maximum atomic E-state index is 12.4. The largest absolute Gasteiger partial charge is 0.464 e. The molecular weight excluding hydrogens is 276 g/mol. The molecule has 2 unspecified atom stereocenters. The Morgan fingerprint density at radius 2 is 2.35 bits per heavy atom. The number of hydrogen-bond acceptors (Lipinski definition) is 4. The lowest BCUT2D eigenvalue weighted by atomic mass is 9.95. The van der Waals surface area contributed by atoms with E-state index in [2.05, 4.69) is 17.1 Å². The molecule has 2 atom stereocenters. The zero-order chi connectivity index (χ0) is 14.8. The van der Waals surface area contributed by atoms with Crippen LogP contribution in [0.4, 0.5) is 5.69 Å². The van der Waals surface area contributed by atoms with Crippen molar-refractivity contribution in [3.8, 4) is 0 Å². The van der Waals surface area contributed by atoms with Gasteiger partial charge in [-0.2, -0.15) is 0 Å². The molecule has 1 aromatic rings. The summed E-state index contributed by atoms with van der Waals surface area (Å²) in [5, 5.41) is 3.99. The first-order valence-corrected chi connectivity index (χ1v) is 7.26. The van der Waals surface area contributed by atoms with Crippen LogP contribution in [-0.2, 0) is 9.53 Å². The first kappa shape index (κ1) is 15.1. The summed E-state index contributed by atoms with van der Waals surface area (Å²) in [5.41, 5.74) is 0.141. The lowest BCUT2D eigenvalue weighted by Gasteiger charge is -2.29. The van der Waals surface area contributed by atoms with E-state index < -0.39 is 5.54 Å². The number of likely N-dealkylation sites (N-methyl/N-ethyl adjacent to an activating group) is 1. The molecule has 0 aliphatic carbocycles. The zero-order valence-corrected chi connectivity index (χ0v) is 12.9. The van der Waals surface area contributed by atoms with Crippen molar-refractivity contribution >= 4 is 23.3 Å². The van der Waals surface area contributed by atoms with E-state index in [9.17, 15) is 4.79 Å². The standard InChI is InChI=1S/C15H21ClN2O2/c1-4-20-14(19)15(9-11(2)18(3)10-15)17-13-7-5-6-12(16)8-13/h5-8,11,17H,4,9-10H2,1-3H3. The summed E-state index contributed by atoms with van der Waals surface area (Å²) in [6.07, 6.45) is 0.717. The van der Waals surface area contributed by atoms with E-state index in [1.54, 1.807) is 0 Å². The number of benzene rings is 1. The minimum absolute atomic E-state index is 0.198. The molecule has 0 aromatic heterocycles. The Balaban J connectivity index is 2.26. The van der Waals surface area contributed by atoms with Crippen LogP contribution < -0.4 is 5.32 Å². The molecule has 1 aliphatic heterocycles. The molecule has 1 fully saturated rings. The van der Waals surface area contributed by atoms with Crippen molar-refractivity contribution in [1.29, 1.82) is 0 Å². The number of anilines is 1. The summed E-state index contributed by atoms with van der Waals surface area (Å²) >= 11 is 6.01. The molecule has 2 rings (SSSR count). The van der Waals surface area contributed by atoms with E-state index in [0.717, 1.165) is 12.1 Å². The fourth-order valence-electron chi connectivity index (χ4n) is 2.71. The number of nitrogens with one attached hydrogen (secondary N) is 1. The number of carbonyl (C=O) groups is 1. The molecule has 0 spiro atoms. The normalized spacial score (nSPS) is 26.5. The van der Waals surface area contributed by atoms with E-state index in [1.807, 2.05) is 38.2 Å². The van der Waals surface area contributed by atoms with Crippen LogP contribution in [0.5, 0.6) is 0 Å². The van der Waals surface area contributed by atoms with Crippen molar-refractivity contribution in [1.82, 2.24) is 4.90 Å². The van der Waals surface area contributed by atoms with Crippen LogP contribution in [0.15, 0.2) is 24.3 Å². The highest BCUT2D eigenvalue weighted by Crippen LogP contribution is 2.31. The molecule has 110 valence electrons. The van der Waals surface area contributed by atoms with Gasteiger partial charge in [-0.3, -0.25) is 0 Å². The van der Waals surface area contributed by atoms with Crippen molar-refractivity contribution in [3.63, 3.8) is 0 Å². The van der Waals surface area contributed by atoms with Crippen molar-refractivity contribution in [2.75, 3.05) is 25.5 Å². The number of halogens is 1. The predicted molar refractivity (Wildman–Crippen MR) is 81.1 cm³/mol. The van der Waals surface area contributed by atoms with Gasteiger partial charge in [0.25, 0.3) is 0 Å². The molecule has 1 aromatic carbocycles. The first-order chi connectivity index (χ1) is 9.47. The number of nitrogens with zero attached hydrogens (tertiary/aromatic N) is 1. The summed E-state index contributed by atoms with van der Waals surface area (Å²) < 4.78 is 5.27. The SMILES string of the molecule is CCOC(=O)C1(Nc2cccc(Cl)c2)CC(C)N(C)C1. The molecule has 0 amide bonds. The van der Waals surface area contributed by atoms with E-state index in [-0.39, 0.29) is 5.97 Å². The summed E-state index contributed by atoms with van der Waals surface area (Å²) in [4.78, 5) is 14.6. The molecule has 1 saturated heterocycles. The second-order valence-corrected chi connectivity index (χ2v) is 5.84. The van der Waals surface area contributed by atoms with Gasteiger partial charge in [0.15, 0.2) is 0 Å². The Bertz CT molecular complexity index is 483. The smallest absolute Gasteiger partial charge is 0.333 e. The van der Waals surface area contributed by atoms with Crippen LogP contribution in [-0.4, -0.2) is 42.6 Å². The van der Waals surface area contributed by atoms with Gasteiger partial charge in [-0.05, 0) is 45.5 Å². The monoisotopic (exact) mass is 296 g/mol.